The van der Waals surface area contributed by atoms with Crippen LogP contribution in [-0.4, -0.2) is 73.8 Å². The number of hydrogen-bond donors (Lipinski definition) is 7. The molecule has 0 bridgehead atoms. The Kier molecular flexibility index (Phi) is 18.3. The van der Waals surface area contributed by atoms with E-state index in [0.717, 1.165) is 106 Å². The van der Waals surface area contributed by atoms with Gasteiger partial charge in [0, 0.05) is 109 Å². The van der Waals surface area contributed by atoms with Gasteiger partial charge in [0.15, 0.2) is 0 Å². The number of nitrogens with zero attached hydrogens (tertiary/aromatic N) is 11. The molecule has 0 unspecified atom stereocenters. The van der Waals surface area contributed by atoms with Crippen molar-refractivity contribution in [1.82, 2.24) is 54.8 Å². The molecule has 398 valence electrons. The van der Waals surface area contributed by atoms with Crippen molar-refractivity contribution in [3.05, 3.63) is 219 Å². The number of carbonyl (C=O) groups is 1. The van der Waals surface area contributed by atoms with E-state index >= 15 is 0 Å². The van der Waals surface area contributed by atoms with E-state index in [2.05, 4.69) is 140 Å². The van der Waals surface area contributed by atoms with Crippen molar-refractivity contribution in [2.24, 2.45) is 0 Å². The molecular weight excluding hydrogens is 1200 g/mol. The van der Waals surface area contributed by atoms with Gasteiger partial charge in [0.2, 0.25) is 23.8 Å². The van der Waals surface area contributed by atoms with Crippen molar-refractivity contribution >= 4 is 134 Å². The Morgan fingerprint density at radius 2 is 0.925 bits per heavy atom. The van der Waals surface area contributed by atoms with Gasteiger partial charge < -0.3 is 37.2 Å². The standard InChI is InChI=1S/C20H17BrN6.C19H17BrN6O.C19H15BrN6/c21-16-13-25-20(26-18-8-3-7-17-15(18)6-4-11-23-17)27-19(16)24-12-9-14-5-1-2-10-22-14;20-15-11-23-19(24-14-5-4-12-9-17(27)25-16(12)10-14)26-18(15)22-8-6-13-3-1-2-7-21-13;20-15-12-24-19(26-18(15)23-11-13-5-1-2-9-21-13)25-17-8-3-7-16-14(17)6-4-10-22-16/h1-8,10-11,13H,9,12H2,(H2,24,25,26,27);1-5,7,10-11H,6,8-9H2,(H,25,27)(H2,22,23,24,26);1-10,12H,11H2,(H2,23,24,25,26). The number of benzene rings is 3. The average molecular weight is 1250 g/mol. The monoisotopic (exact) mass is 1250 g/mol. The lowest BCUT2D eigenvalue weighted by atomic mass is 10.1. The fraction of sp³-hybridized carbons (Fsp3) is 0.103. The van der Waals surface area contributed by atoms with Crippen molar-refractivity contribution in [3.63, 3.8) is 0 Å². The molecular formula is C58H49Br3N18O. The summed E-state index contributed by atoms with van der Waals surface area (Å²) >= 11 is 10.5. The average Bonchev–Trinajstić information content (AvgIpc) is 3.94. The maximum Gasteiger partial charge on any atom is 0.229 e. The highest BCUT2D eigenvalue weighted by Crippen LogP contribution is 2.30. The lowest BCUT2D eigenvalue weighted by Crippen LogP contribution is -2.09. The van der Waals surface area contributed by atoms with Crippen LogP contribution in [0.4, 0.5) is 58.0 Å². The van der Waals surface area contributed by atoms with Crippen molar-refractivity contribution < 1.29 is 4.79 Å². The summed E-state index contributed by atoms with van der Waals surface area (Å²) in [5.41, 5.74) is 9.32. The van der Waals surface area contributed by atoms with Crippen molar-refractivity contribution in [1.29, 1.82) is 0 Å². The molecule has 0 fully saturated rings. The van der Waals surface area contributed by atoms with Gasteiger partial charge in [0.05, 0.1) is 54.5 Å². The van der Waals surface area contributed by atoms with Crippen LogP contribution in [-0.2, 0) is 30.6 Å². The fourth-order valence-electron chi connectivity index (χ4n) is 8.13. The van der Waals surface area contributed by atoms with Gasteiger partial charge in [0.1, 0.15) is 17.5 Å². The first-order chi connectivity index (χ1) is 39.3. The number of pyridine rings is 5. The first kappa shape index (κ1) is 54.2. The summed E-state index contributed by atoms with van der Waals surface area (Å²) in [7, 11) is 0. The van der Waals surface area contributed by atoms with Crippen LogP contribution < -0.4 is 37.2 Å². The van der Waals surface area contributed by atoms with Crippen LogP contribution in [0.15, 0.2) is 196 Å². The summed E-state index contributed by atoms with van der Waals surface area (Å²) in [5, 5.41) is 24.5. The Balaban J connectivity index is 0.000000135. The summed E-state index contributed by atoms with van der Waals surface area (Å²) in [6.45, 7) is 2.01. The second-order valence-electron chi connectivity index (χ2n) is 17.6. The van der Waals surface area contributed by atoms with Crippen molar-refractivity contribution in [2.45, 2.75) is 25.8 Å². The normalized spacial score (nSPS) is 11.3. The maximum atomic E-state index is 11.5. The van der Waals surface area contributed by atoms with E-state index in [-0.39, 0.29) is 5.91 Å². The van der Waals surface area contributed by atoms with E-state index in [0.29, 0.717) is 49.0 Å². The van der Waals surface area contributed by atoms with Crippen LogP contribution in [0.1, 0.15) is 22.6 Å². The lowest BCUT2D eigenvalue weighted by Gasteiger charge is -2.11. The van der Waals surface area contributed by atoms with Gasteiger partial charge in [0.25, 0.3) is 0 Å². The third kappa shape index (κ3) is 14.9. The molecule has 80 heavy (non-hydrogen) atoms. The summed E-state index contributed by atoms with van der Waals surface area (Å²) < 4.78 is 2.39. The minimum Gasteiger partial charge on any atom is -0.369 e. The SMILES string of the molecule is Brc1cnc(Nc2cccc3ncccc23)nc1NCCc1ccccn1.Brc1cnc(Nc2cccc3ncccc23)nc1NCc1ccccn1.O=C1Cc2ccc(Nc3ncc(Br)c(NCCc4ccccn4)n3)cc2N1. The van der Waals surface area contributed by atoms with Gasteiger partial charge in [-0.2, -0.15) is 15.0 Å². The largest absolute Gasteiger partial charge is 0.369 e. The predicted molar refractivity (Wildman–Crippen MR) is 326 cm³/mol. The van der Waals surface area contributed by atoms with Gasteiger partial charge in [-0.3, -0.25) is 29.7 Å². The Bertz CT molecular complexity index is 3860. The first-order valence-electron chi connectivity index (χ1n) is 25.2. The minimum absolute atomic E-state index is 0.0152. The highest BCUT2D eigenvalue weighted by Gasteiger charge is 2.18. The maximum absolute atomic E-state index is 11.5. The zero-order chi connectivity index (χ0) is 54.9. The molecule has 0 spiro atoms. The number of rotatable bonds is 17. The molecule has 7 N–H and O–H groups in total. The van der Waals surface area contributed by atoms with Gasteiger partial charge in [-0.25, -0.2) is 15.0 Å². The van der Waals surface area contributed by atoms with Crippen LogP contribution in [0, 0.1) is 0 Å². The van der Waals surface area contributed by atoms with E-state index < -0.39 is 0 Å². The number of nitrogens with one attached hydrogen (secondary N) is 7. The third-order valence-corrected chi connectivity index (χ3v) is 13.7. The smallest absolute Gasteiger partial charge is 0.229 e. The number of aromatic nitrogens is 11. The summed E-state index contributed by atoms with van der Waals surface area (Å²) in [5.74, 6) is 3.67. The Morgan fingerprint density at radius 3 is 1.43 bits per heavy atom. The lowest BCUT2D eigenvalue weighted by molar-refractivity contribution is -0.115. The molecule has 0 saturated carbocycles. The zero-order valence-electron chi connectivity index (χ0n) is 42.5. The molecule has 1 aliphatic heterocycles. The molecule has 22 heteroatoms. The van der Waals surface area contributed by atoms with Gasteiger partial charge in [-0.15, -0.1) is 0 Å². The first-order valence-corrected chi connectivity index (χ1v) is 27.5. The number of carbonyl (C=O) groups excluding carboxylic acids is 1. The number of amides is 1. The zero-order valence-corrected chi connectivity index (χ0v) is 47.3. The van der Waals surface area contributed by atoms with Crippen LogP contribution in [0.25, 0.3) is 21.8 Å². The minimum atomic E-state index is 0.0152. The highest BCUT2D eigenvalue weighted by atomic mass is 79.9. The molecule has 12 rings (SSSR count). The van der Waals surface area contributed by atoms with Gasteiger partial charge in [-0.05, 0) is 150 Å². The predicted octanol–water partition coefficient (Wildman–Crippen LogP) is 12.6. The van der Waals surface area contributed by atoms with Crippen LogP contribution in [0.2, 0.25) is 0 Å². The highest BCUT2D eigenvalue weighted by molar-refractivity contribution is 9.11. The summed E-state index contributed by atoms with van der Waals surface area (Å²) in [6.07, 6.45) is 16.1. The molecule has 8 aromatic heterocycles. The Morgan fingerprint density at radius 1 is 0.450 bits per heavy atom. The molecule has 0 aliphatic carbocycles. The molecule has 1 aliphatic rings. The fourth-order valence-corrected chi connectivity index (χ4v) is 9.12. The Hall–Kier alpha value is -9.12. The number of fused-ring (bicyclic) bond motifs is 3. The molecule has 3 aromatic carbocycles. The molecule has 1 amide bonds. The van der Waals surface area contributed by atoms with Crippen LogP contribution >= 0.6 is 47.8 Å². The van der Waals surface area contributed by atoms with E-state index in [1.165, 1.54) is 0 Å². The van der Waals surface area contributed by atoms with Crippen LogP contribution in [0.3, 0.4) is 0 Å². The number of anilines is 10. The second kappa shape index (κ2) is 27.0. The Labute approximate surface area is 485 Å². The summed E-state index contributed by atoms with van der Waals surface area (Å²) in [4.78, 5) is 59.9. The molecule has 0 saturated heterocycles. The van der Waals surface area contributed by atoms with Gasteiger partial charge >= 0.3 is 0 Å². The summed E-state index contributed by atoms with van der Waals surface area (Å²) in [6, 6.07) is 43.1. The molecule has 0 atom stereocenters. The van der Waals surface area contributed by atoms with Crippen LogP contribution in [0.5, 0.6) is 0 Å². The second-order valence-corrected chi connectivity index (χ2v) is 20.1. The third-order valence-electron chi connectivity index (χ3n) is 12.0. The van der Waals surface area contributed by atoms with E-state index in [1.54, 1.807) is 49.6 Å². The van der Waals surface area contributed by atoms with Gasteiger partial charge in [-0.1, -0.05) is 36.4 Å². The van der Waals surface area contributed by atoms with E-state index in [4.69, 9.17) is 0 Å². The molecule has 9 heterocycles. The topological polar surface area (TPSA) is 243 Å². The van der Waals surface area contributed by atoms with E-state index in [1.807, 2.05) is 133 Å². The molecule has 11 aromatic rings. The quantitative estimate of drug-likeness (QED) is 0.0448. The van der Waals surface area contributed by atoms with E-state index in [9.17, 15) is 4.79 Å². The number of halogens is 3. The molecule has 19 nitrogen and oxygen atoms in total. The molecule has 0 radical (unpaired) electrons. The van der Waals surface area contributed by atoms with Crippen molar-refractivity contribution in [3.8, 4) is 0 Å². The number of hydrogen-bond acceptors (Lipinski definition) is 18. The van der Waals surface area contributed by atoms with Crippen molar-refractivity contribution in [2.75, 3.05) is 50.3 Å².